The summed E-state index contributed by atoms with van der Waals surface area (Å²) in [5.74, 6) is 0.394. The minimum Gasteiger partial charge on any atom is -0.489 e. The molecular formula is C33H26N2O4S. The molecule has 1 amide bonds. The topological polar surface area (TPSA) is 71.2 Å². The van der Waals surface area contributed by atoms with Gasteiger partial charge < -0.3 is 14.7 Å². The van der Waals surface area contributed by atoms with Crippen molar-refractivity contribution in [3.63, 3.8) is 0 Å². The highest BCUT2D eigenvalue weighted by atomic mass is 32.1. The molecule has 0 radical (unpaired) electrons. The number of hydrogen-bond donors (Lipinski definition) is 1. The summed E-state index contributed by atoms with van der Waals surface area (Å²) in [6, 6.07) is 32.1. The lowest BCUT2D eigenvalue weighted by atomic mass is 10.0. The molecule has 6 aromatic rings. The van der Waals surface area contributed by atoms with E-state index in [-0.39, 0.29) is 24.6 Å². The minimum atomic E-state index is -0.289. The van der Waals surface area contributed by atoms with Gasteiger partial charge in [-0.1, -0.05) is 60.7 Å². The molecule has 0 bridgehead atoms. The van der Waals surface area contributed by atoms with Crippen LogP contribution in [-0.4, -0.2) is 28.6 Å². The fourth-order valence-corrected chi connectivity index (χ4v) is 5.79. The molecule has 0 aliphatic heterocycles. The number of para-hydroxylation sites is 1. The quantitative estimate of drug-likeness (QED) is 0.240. The third-order valence-electron chi connectivity index (χ3n) is 6.83. The zero-order chi connectivity index (χ0) is 27.5. The molecule has 0 unspecified atom stereocenters. The fourth-order valence-electron chi connectivity index (χ4n) is 4.85. The number of hydrogen-bond acceptors (Lipinski definition) is 5. The number of benzene rings is 3. The van der Waals surface area contributed by atoms with Gasteiger partial charge in [0.25, 0.3) is 11.5 Å². The molecule has 3 aromatic heterocycles. The second-order valence-electron chi connectivity index (χ2n) is 9.33. The van der Waals surface area contributed by atoms with Gasteiger partial charge in [0.05, 0.1) is 22.4 Å². The number of amides is 1. The van der Waals surface area contributed by atoms with Gasteiger partial charge in [0, 0.05) is 24.0 Å². The number of anilines is 1. The Hall–Kier alpha value is -4.72. The Morgan fingerprint density at radius 2 is 1.62 bits per heavy atom. The summed E-state index contributed by atoms with van der Waals surface area (Å²) in [7, 11) is 0. The third-order valence-corrected chi connectivity index (χ3v) is 7.77. The number of fused-ring (bicyclic) bond motifs is 3. The van der Waals surface area contributed by atoms with Crippen LogP contribution in [0.15, 0.2) is 119 Å². The van der Waals surface area contributed by atoms with E-state index in [1.807, 2.05) is 102 Å². The number of carbonyl (C=O) groups excluding carboxylic acids is 1. The Balaban J connectivity index is 1.45. The molecule has 1 N–H and O–H groups in total. The van der Waals surface area contributed by atoms with Crippen LogP contribution in [0.25, 0.3) is 26.7 Å². The highest BCUT2D eigenvalue weighted by molar-refractivity contribution is 7.18. The summed E-state index contributed by atoms with van der Waals surface area (Å²) in [4.78, 5) is 29.5. The minimum absolute atomic E-state index is 0.122. The Labute approximate surface area is 235 Å². The highest BCUT2D eigenvalue weighted by Gasteiger charge is 2.24. The van der Waals surface area contributed by atoms with Crippen LogP contribution in [-0.2, 0) is 6.61 Å². The maximum atomic E-state index is 14.2. The first kappa shape index (κ1) is 25.6. The van der Waals surface area contributed by atoms with Gasteiger partial charge in [-0.25, -0.2) is 0 Å². The van der Waals surface area contributed by atoms with E-state index < -0.39 is 0 Å². The average molecular weight is 547 g/mol. The van der Waals surface area contributed by atoms with Crippen molar-refractivity contribution in [2.45, 2.75) is 6.61 Å². The number of aromatic nitrogens is 1. The molecule has 6 rings (SSSR count). The lowest BCUT2D eigenvalue weighted by Crippen LogP contribution is -2.34. The summed E-state index contributed by atoms with van der Waals surface area (Å²) in [6.07, 6.45) is 1.73. The molecule has 3 heterocycles. The summed E-state index contributed by atoms with van der Waals surface area (Å²) in [5, 5.41) is 12.7. The van der Waals surface area contributed by atoms with Crippen molar-refractivity contribution in [2.24, 2.45) is 0 Å². The molecule has 0 atom stereocenters. The molecule has 7 heteroatoms. The summed E-state index contributed by atoms with van der Waals surface area (Å²) in [6.45, 7) is 0.364. The number of nitrogens with zero attached hydrogens (tertiary/aromatic N) is 2. The number of carbonyl (C=O) groups is 1. The second-order valence-corrected chi connectivity index (χ2v) is 10.2. The summed E-state index contributed by atoms with van der Waals surface area (Å²) >= 11 is 1.49. The standard InChI is InChI=1S/C33H26N2O4S/c36-19-18-34(26-9-5-2-6-10-26)33(38)29-21-28(32(37)35-17-15-25-16-20-40-31(25)30(29)35)24-11-13-27(14-12-24)39-22-23-7-3-1-4-8-23/h1-17,20-21,36H,18-19,22H2. The van der Waals surface area contributed by atoms with Crippen LogP contribution in [0.5, 0.6) is 5.75 Å². The highest BCUT2D eigenvalue weighted by Crippen LogP contribution is 2.31. The predicted octanol–water partition coefficient (Wildman–Crippen LogP) is 6.40. The summed E-state index contributed by atoms with van der Waals surface area (Å²) < 4.78 is 8.34. The molecule has 0 saturated heterocycles. The van der Waals surface area contributed by atoms with Gasteiger partial charge in [0.15, 0.2) is 0 Å². The van der Waals surface area contributed by atoms with Crippen LogP contribution in [0.1, 0.15) is 15.9 Å². The largest absolute Gasteiger partial charge is 0.489 e. The maximum Gasteiger partial charge on any atom is 0.263 e. The maximum absolute atomic E-state index is 14.2. The Bertz CT molecular complexity index is 1850. The Kier molecular flexibility index (Phi) is 7.14. The molecule has 0 aliphatic carbocycles. The lowest BCUT2D eigenvalue weighted by molar-refractivity contribution is 0.0982. The Morgan fingerprint density at radius 3 is 2.35 bits per heavy atom. The normalized spacial score (nSPS) is 11.1. The SMILES string of the molecule is O=C(c1cc(-c2ccc(OCc3ccccc3)cc2)c(=O)n2ccc3ccsc3c12)N(CCO)c1ccccc1. The molecular weight excluding hydrogens is 520 g/mol. The molecule has 0 saturated carbocycles. The van der Waals surface area contributed by atoms with Gasteiger partial charge >= 0.3 is 0 Å². The van der Waals surface area contributed by atoms with E-state index in [1.54, 1.807) is 21.6 Å². The zero-order valence-corrected chi connectivity index (χ0v) is 22.4. The number of pyridine rings is 2. The van der Waals surface area contributed by atoms with Crippen molar-refractivity contribution < 1.29 is 14.6 Å². The van der Waals surface area contributed by atoms with E-state index in [0.29, 0.717) is 40.3 Å². The van der Waals surface area contributed by atoms with Crippen LogP contribution in [0.2, 0.25) is 0 Å². The van der Waals surface area contributed by atoms with Gasteiger partial charge in [-0.2, -0.15) is 0 Å². The van der Waals surface area contributed by atoms with Crippen LogP contribution in [0.3, 0.4) is 0 Å². The van der Waals surface area contributed by atoms with Crippen LogP contribution < -0.4 is 15.2 Å². The average Bonchev–Trinajstić information content (AvgIpc) is 3.49. The monoisotopic (exact) mass is 546 g/mol. The van der Waals surface area contributed by atoms with Gasteiger partial charge in [0.1, 0.15) is 12.4 Å². The molecule has 0 fully saturated rings. The number of aliphatic hydroxyl groups excluding tert-OH is 1. The van der Waals surface area contributed by atoms with Crippen molar-refractivity contribution in [1.82, 2.24) is 4.40 Å². The Morgan fingerprint density at radius 1 is 0.900 bits per heavy atom. The van der Waals surface area contributed by atoms with Crippen molar-refractivity contribution >= 4 is 38.5 Å². The number of thiophene rings is 1. The smallest absolute Gasteiger partial charge is 0.263 e. The van der Waals surface area contributed by atoms with Crippen LogP contribution in [0, 0.1) is 0 Å². The first-order valence-electron chi connectivity index (χ1n) is 12.9. The molecule has 198 valence electrons. The first-order chi connectivity index (χ1) is 19.6. The van der Waals surface area contributed by atoms with Crippen molar-refractivity contribution in [3.05, 3.63) is 136 Å². The van der Waals surface area contributed by atoms with Gasteiger partial charge in [-0.15, -0.1) is 11.3 Å². The third kappa shape index (κ3) is 4.88. The van der Waals surface area contributed by atoms with Gasteiger partial charge in [0.2, 0.25) is 0 Å². The molecule has 0 aliphatic rings. The van der Waals surface area contributed by atoms with Crippen molar-refractivity contribution in [3.8, 4) is 16.9 Å². The van der Waals surface area contributed by atoms with E-state index in [0.717, 1.165) is 15.6 Å². The first-order valence-corrected chi connectivity index (χ1v) is 13.8. The number of aliphatic hydroxyl groups is 1. The van der Waals surface area contributed by atoms with Gasteiger partial charge in [-0.3, -0.25) is 14.0 Å². The predicted molar refractivity (Wildman–Crippen MR) is 160 cm³/mol. The molecule has 3 aromatic carbocycles. The number of ether oxygens (including phenoxy) is 1. The lowest BCUT2D eigenvalue weighted by Gasteiger charge is -2.23. The van der Waals surface area contributed by atoms with E-state index in [4.69, 9.17) is 4.74 Å². The molecule has 6 nitrogen and oxygen atoms in total. The summed E-state index contributed by atoms with van der Waals surface area (Å²) in [5.41, 5.74) is 3.56. The molecule has 0 spiro atoms. The van der Waals surface area contributed by atoms with Gasteiger partial charge in [-0.05, 0) is 64.4 Å². The van der Waals surface area contributed by atoms with Crippen LogP contribution in [0.4, 0.5) is 5.69 Å². The van der Waals surface area contributed by atoms with E-state index in [2.05, 4.69) is 0 Å². The number of rotatable bonds is 8. The van der Waals surface area contributed by atoms with E-state index >= 15 is 0 Å². The zero-order valence-electron chi connectivity index (χ0n) is 21.6. The van der Waals surface area contributed by atoms with Crippen LogP contribution >= 0.6 is 11.3 Å². The van der Waals surface area contributed by atoms with E-state index in [9.17, 15) is 14.7 Å². The second kappa shape index (κ2) is 11.2. The van der Waals surface area contributed by atoms with Crippen molar-refractivity contribution in [2.75, 3.05) is 18.1 Å². The molecule has 40 heavy (non-hydrogen) atoms. The van der Waals surface area contributed by atoms with Crippen molar-refractivity contribution in [1.29, 1.82) is 0 Å². The fraction of sp³-hybridized carbons (Fsp3) is 0.0909. The van der Waals surface area contributed by atoms with E-state index in [1.165, 1.54) is 11.3 Å².